The smallest absolute Gasteiger partial charge is 0.222 e. The molecular formula is C23H30FN3O. The van der Waals surface area contributed by atoms with Crippen LogP contribution in [0, 0.1) is 13.8 Å². The maximum absolute atomic E-state index is 13.6. The number of alkyl halides is 1. The summed E-state index contributed by atoms with van der Waals surface area (Å²) >= 11 is 0. The van der Waals surface area contributed by atoms with E-state index in [9.17, 15) is 4.39 Å². The molecular weight excluding hydrogens is 353 g/mol. The summed E-state index contributed by atoms with van der Waals surface area (Å²) in [5.41, 5.74) is 6.71. The van der Waals surface area contributed by atoms with Crippen LogP contribution in [-0.2, 0) is 0 Å². The van der Waals surface area contributed by atoms with E-state index in [0.29, 0.717) is 11.8 Å². The Morgan fingerprint density at radius 2 is 1.89 bits per heavy atom. The number of hydrogen-bond acceptors (Lipinski definition) is 3. The standard InChI is InChI=1S/C23H30FN3O/c1-7-8-17(12-24)27-13-16(5)22-20(27)11-15(4)21(26-22)18-9-10-19(14(2)3)25-23(18)28-6/h9-11,13-14,17H,7-8,12H2,1-6H3. The minimum Gasteiger partial charge on any atom is -0.480 e. The molecule has 3 heterocycles. The summed E-state index contributed by atoms with van der Waals surface area (Å²) < 4.78 is 21.3. The van der Waals surface area contributed by atoms with E-state index in [1.165, 1.54) is 0 Å². The van der Waals surface area contributed by atoms with Gasteiger partial charge in [0.15, 0.2) is 0 Å². The van der Waals surface area contributed by atoms with E-state index in [4.69, 9.17) is 9.72 Å². The molecule has 0 fully saturated rings. The third kappa shape index (κ3) is 3.62. The maximum atomic E-state index is 13.6. The van der Waals surface area contributed by atoms with Crippen LogP contribution in [0.15, 0.2) is 24.4 Å². The number of rotatable bonds is 7. The van der Waals surface area contributed by atoms with Gasteiger partial charge in [-0.15, -0.1) is 0 Å². The summed E-state index contributed by atoms with van der Waals surface area (Å²) in [6.45, 7) is 10.0. The second kappa shape index (κ2) is 8.29. The van der Waals surface area contributed by atoms with Crippen LogP contribution >= 0.6 is 0 Å². The van der Waals surface area contributed by atoms with Crippen molar-refractivity contribution in [3.8, 4) is 17.1 Å². The van der Waals surface area contributed by atoms with Crippen molar-refractivity contribution in [3.63, 3.8) is 0 Å². The minimum atomic E-state index is -0.369. The molecule has 0 spiro atoms. The molecule has 0 bridgehead atoms. The molecule has 3 rings (SSSR count). The van der Waals surface area contributed by atoms with Crippen molar-refractivity contribution in [1.29, 1.82) is 0 Å². The first-order chi connectivity index (χ1) is 13.4. The van der Waals surface area contributed by atoms with Gasteiger partial charge in [0.1, 0.15) is 6.67 Å². The molecule has 0 aliphatic heterocycles. The van der Waals surface area contributed by atoms with E-state index in [0.717, 1.165) is 52.0 Å². The molecule has 1 unspecified atom stereocenters. The number of halogens is 1. The zero-order valence-electron chi connectivity index (χ0n) is 17.7. The largest absolute Gasteiger partial charge is 0.480 e. The normalized spacial score (nSPS) is 12.7. The van der Waals surface area contributed by atoms with Crippen LogP contribution in [0.1, 0.15) is 62.4 Å². The lowest BCUT2D eigenvalue weighted by molar-refractivity contribution is 0.344. The molecule has 0 N–H and O–H groups in total. The predicted molar refractivity (Wildman–Crippen MR) is 113 cm³/mol. The summed E-state index contributed by atoms with van der Waals surface area (Å²) in [4.78, 5) is 9.63. The first-order valence-corrected chi connectivity index (χ1v) is 10.0. The summed E-state index contributed by atoms with van der Waals surface area (Å²) in [7, 11) is 1.64. The highest BCUT2D eigenvalue weighted by Crippen LogP contribution is 2.34. The molecule has 0 amide bonds. The molecule has 3 aromatic rings. The topological polar surface area (TPSA) is 39.9 Å². The van der Waals surface area contributed by atoms with E-state index in [2.05, 4.69) is 36.4 Å². The van der Waals surface area contributed by atoms with Gasteiger partial charge in [0.05, 0.1) is 35.4 Å². The summed E-state index contributed by atoms with van der Waals surface area (Å²) in [5.74, 6) is 0.915. The molecule has 28 heavy (non-hydrogen) atoms. The summed E-state index contributed by atoms with van der Waals surface area (Å²) in [5, 5.41) is 0. The SMILES string of the molecule is CCCC(CF)n1cc(C)c2nc(-c3ccc(C(C)C)nc3OC)c(C)cc21. The highest BCUT2D eigenvalue weighted by atomic mass is 19.1. The number of fused-ring (bicyclic) bond motifs is 1. The Bertz CT molecular complexity index is 978. The average Bonchev–Trinajstić information content (AvgIpc) is 3.00. The van der Waals surface area contributed by atoms with Crippen LogP contribution in [0.5, 0.6) is 5.88 Å². The predicted octanol–water partition coefficient (Wildman–Crippen LogP) is 6.16. The lowest BCUT2D eigenvalue weighted by atomic mass is 10.0. The van der Waals surface area contributed by atoms with E-state index in [1.807, 2.05) is 32.2 Å². The number of ether oxygens (including phenoxy) is 1. The molecule has 0 radical (unpaired) electrons. The van der Waals surface area contributed by atoms with Crippen LogP contribution in [0.2, 0.25) is 0 Å². The van der Waals surface area contributed by atoms with Crippen LogP contribution < -0.4 is 4.74 Å². The fraction of sp³-hybridized carbons (Fsp3) is 0.478. The van der Waals surface area contributed by atoms with Gasteiger partial charge >= 0.3 is 0 Å². The second-order valence-electron chi connectivity index (χ2n) is 7.79. The van der Waals surface area contributed by atoms with E-state index >= 15 is 0 Å². The average molecular weight is 384 g/mol. The number of aromatic nitrogens is 3. The van der Waals surface area contributed by atoms with Crippen LogP contribution in [0.3, 0.4) is 0 Å². The first-order valence-electron chi connectivity index (χ1n) is 10.0. The van der Waals surface area contributed by atoms with Crippen molar-refractivity contribution < 1.29 is 9.13 Å². The summed E-state index contributed by atoms with van der Waals surface area (Å²) in [6.07, 6.45) is 3.79. The van der Waals surface area contributed by atoms with Crippen LogP contribution in [0.25, 0.3) is 22.3 Å². The number of methoxy groups -OCH3 is 1. The number of pyridine rings is 2. The van der Waals surface area contributed by atoms with Gasteiger partial charge in [0, 0.05) is 11.9 Å². The molecule has 1 atom stereocenters. The van der Waals surface area contributed by atoms with Gasteiger partial charge < -0.3 is 9.30 Å². The fourth-order valence-corrected chi connectivity index (χ4v) is 3.74. The van der Waals surface area contributed by atoms with Gasteiger partial charge in [-0.3, -0.25) is 0 Å². The highest BCUT2D eigenvalue weighted by Gasteiger charge is 2.19. The number of nitrogens with zero attached hydrogens (tertiary/aromatic N) is 3. The highest BCUT2D eigenvalue weighted by molar-refractivity contribution is 5.85. The fourth-order valence-electron chi connectivity index (χ4n) is 3.74. The van der Waals surface area contributed by atoms with Crippen molar-refractivity contribution in [3.05, 3.63) is 41.2 Å². The Morgan fingerprint density at radius 1 is 1.14 bits per heavy atom. The molecule has 150 valence electrons. The van der Waals surface area contributed by atoms with Gasteiger partial charge in [-0.1, -0.05) is 27.2 Å². The lowest BCUT2D eigenvalue weighted by Crippen LogP contribution is -2.10. The molecule has 0 aromatic carbocycles. The Balaban J connectivity index is 2.17. The zero-order chi connectivity index (χ0) is 20.4. The molecule has 0 saturated carbocycles. The Kier molecular flexibility index (Phi) is 6.01. The lowest BCUT2D eigenvalue weighted by Gasteiger charge is -2.17. The molecule has 0 aliphatic rings. The van der Waals surface area contributed by atoms with Crippen molar-refractivity contribution in [2.45, 2.75) is 59.4 Å². The Hall–Kier alpha value is -2.43. The monoisotopic (exact) mass is 383 g/mol. The molecule has 0 saturated heterocycles. The van der Waals surface area contributed by atoms with Crippen LogP contribution in [-0.4, -0.2) is 28.3 Å². The second-order valence-corrected chi connectivity index (χ2v) is 7.79. The van der Waals surface area contributed by atoms with E-state index < -0.39 is 0 Å². The molecule has 0 aliphatic carbocycles. The molecule has 5 heteroatoms. The van der Waals surface area contributed by atoms with Gasteiger partial charge in [-0.25, -0.2) is 14.4 Å². The summed E-state index contributed by atoms with van der Waals surface area (Å²) in [6, 6.07) is 6.04. The third-order valence-electron chi connectivity index (χ3n) is 5.29. The van der Waals surface area contributed by atoms with Gasteiger partial charge in [-0.2, -0.15) is 0 Å². The minimum absolute atomic E-state index is 0.144. The molecule has 3 aromatic heterocycles. The van der Waals surface area contributed by atoms with Crippen LogP contribution in [0.4, 0.5) is 4.39 Å². The number of aryl methyl sites for hydroxylation is 2. The quantitative estimate of drug-likeness (QED) is 0.491. The van der Waals surface area contributed by atoms with Gasteiger partial charge in [0.2, 0.25) is 5.88 Å². The van der Waals surface area contributed by atoms with E-state index in [-0.39, 0.29) is 12.7 Å². The zero-order valence-corrected chi connectivity index (χ0v) is 17.7. The van der Waals surface area contributed by atoms with Gasteiger partial charge in [0.25, 0.3) is 0 Å². The van der Waals surface area contributed by atoms with Gasteiger partial charge in [-0.05, 0) is 55.5 Å². The Labute approximate surface area is 166 Å². The Morgan fingerprint density at radius 3 is 2.50 bits per heavy atom. The maximum Gasteiger partial charge on any atom is 0.222 e. The first kappa shape index (κ1) is 20.3. The van der Waals surface area contributed by atoms with Crippen molar-refractivity contribution >= 4 is 11.0 Å². The number of hydrogen-bond donors (Lipinski definition) is 0. The third-order valence-corrected chi connectivity index (χ3v) is 5.29. The van der Waals surface area contributed by atoms with Crippen molar-refractivity contribution in [1.82, 2.24) is 14.5 Å². The van der Waals surface area contributed by atoms with Crippen molar-refractivity contribution in [2.75, 3.05) is 13.8 Å². The van der Waals surface area contributed by atoms with E-state index in [1.54, 1.807) is 7.11 Å². The molecule has 4 nitrogen and oxygen atoms in total. The van der Waals surface area contributed by atoms with Crippen molar-refractivity contribution in [2.24, 2.45) is 0 Å².